The SMILES string of the molecule is COC(=O)c1ccc(S(=O)O)o1. The van der Waals surface area contributed by atoms with Gasteiger partial charge in [0.25, 0.3) is 0 Å². The van der Waals surface area contributed by atoms with Crippen molar-refractivity contribution in [3.63, 3.8) is 0 Å². The Labute approximate surface area is 70.6 Å². The number of hydrogen-bond donors (Lipinski definition) is 1. The molecule has 1 N–H and O–H groups in total. The first-order valence-corrected chi connectivity index (χ1v) is 4.05. The lowest BCUT2D eigenvalue weighted by atomic mass is 10.5. The second kappa shape index (κ2) is 3.51. The van der Waals surface area contributed by atoms with Crippen molar-refractivity contribution in [1.29, 1.82) is 0 Å². The van der Waals surface area contributed by atoms with Crippen LogP contribution in [0.1, 0.15) is 10.6 Å². The summed E-state index contributed by atoms with van der Waals surface area (Å²) in [5, 5.41) is -0.171. The van der Waals surface area contributed by atoms with E-state index in [0.717, 1.165) is 0 Å². The number of carbonyl (C=O) groups is 1. The number of rotatable bonds is 2. The zero-order valence-electron chi connectivity index (χ0n) is 6.14. The van der Waals surface area contributed by atoms with Gasteiger partial charge >= 0.3 is 5.97 Å². The molecule has 0 aromatic carbocycles. The second-order valence-corrected chi connectivity index (χ2v) is 2.76. The lowest BCUT2D eigenvalue weighted by molar-refractivity contribution is 0.0559. The maximum atomic E-state index is 10.8. The first-order valence-electron chi connectivity index (χ1n) is 2.94. The van der Waals surface area contributed by atoms with Gasteiger partial charge in [-0.15, -0.1) is 0 Å². The van der Waals surface area contributed by atoms with Crippen molar-refractivity contribution in [1.82, 2.24) is 0 Å². The molecule has 0 aliphatic carbocycles. The van der Waals surface area contributed by atoms with Gasteiger partial charge < -0.3 is 9.15 Å². The van der Waals surface area contributed by atoms with Crippen LogP contribution in [0.5, 0.6) is 0 Å². The fourth-order valence-corrected chi connectivity index (χ4v) is 0.970. The van der Waals surface area contributed by atoms with Gasteiger partial charge in [0.15, 0.2) is 0 Å². The van der Waals surface area contributed by atoms with Crippen LogP contribution in [0.3, 0.4) is 0 Å². The molecule has 1 atom stereocenters. The van der Waals surface area contributed by atoms with Crippen LogP contribution in [-0.2, 0) is 15.8 Å². The maximum absolute atomic E-state index is 10.8. The van der Waals surface area contributed by atoms with Gasteiger partial charge in [-0.3, -0.25) is 4.55 Å². The average molecular weight is 190 g/mol. The Kier molecular flexibility index (Phi) is 2.61. The minimum absolute atomic E-state index is 0.0881. The van der Waals surface area contributed by atoms with Crippen molar-refractivity contribution in [3.05, 3.63) is 17.9 Å². The Morgan fingerprint density at radius 1 is 1.67 bits per heavy atom. The van der Waals surface area contributed by atoms with Crippen molar-refractivity contribution in [2.24, 2.45) is 0 Å². The van der Waals surface area contributed by atoms with Crippen LogP contribution < -0.4 is 0 Å². The molecule has 0 amide bonds. The zero-order valence-corrected chi connectivity index (χ0v) is 6.96. The smallest absolute Gasteiger partial charge is 0.374 e. The molecule has 0 spiro atoms. The van der Waals surface area contributed by atoms with Crippen molar-refractivity contribution in [3.8, 4) is 0 Å². The van der Waals surface area contributed by atoms with Crippen LogP contribution in [0.15, 0.2) is 21.6 Å². The summed E-state index contributed by atoms with van der Waals surface area (Å²) in [6.45, 7) is 0. The van der Waals surface area contributed by atoms with Gasteiger partial charge in [-0.2, -0.15) is 0 Å². The van der Waals surface area contributed by atoms with Crippen molar-refractivity contribution >= 4 is 17.0 Å². The maximum Gasteiger partial charge on any atom is 0.374 e. The number of furan rings is 1. The van der Waals surface area contributed by atoms with E-state index in [9.17, 15) is 9.00 Å². The quantitative estimate of drug-likeness (QED) is 0.547. The first kappa shape index (κ1) is 8.95. The van der Waals surface area contributed by atoms with E-state index in [1.807, 2.05) is 0 Å². The Hall–Kier alpha value is -1.14. The van der Waals surface area contributed by atoms with Crippen LogP contribution in [-0.4, -0.2) is 21.8 Å². The van der Waals surface area contributed by atoms with Gasteiger partial charge in [-0.05, 0) is 12.1 Å². The fraction of sp³-hybridized carbons (Fsp3) is 0.167. The van der Waals surface area contributed by atoms with Crippen LogP contribution in [0, 0.1) is 0 Å². The van der Waals surface area contributed by atoms with Crippen LogP contribution >= 0.6 is 0 Å². The molecule has 0 radical (unpaired) electrons. The Balaban J connectivity index is 2.91. The molecule has 12 heavy (non-hydrogen) atoms. The normalized spacial score (nSPS) is 12.5. The Morgan fingerprint density at radius 2 is 2.33 bits per heavy atom. The predicted octanol–water partition coefficient (Wildman–Crippen LogP) is 0.647. The molecule has 1 aromatic rings. The van der Waals surface area contributed by atoms with E-state index in [-0.39, 0.29) is 10.9 Å². The molecular formula is C6H6O5S. The standard InChI is InChI=1S/C6H6O5S/c1-10-6(7)4-2-3-5(11-4)12(8)9/h2-3H,1H3,(H,8,9). The summed E-state index contributed by atoms with van der Waals surface area (Å²) in [5.74, 6) is -0.762. The number of methoxy groups -OCH3 is 1. The van der Waals surface area contributed by atoms with Gasteiger partial charge in [-0.1, -0.05) is 0 Å². The van der Waals surface area contributed by atoms with Crippen molar-refractivity contribution < 1.29 is 22.7 Å². The minimum Gasteiger partial charge on any atom is -0.463 e. The Morgan fingerprint density at radius 3 is 2.75 bits per heavy atom. The summed E-state index contributed by atoms with van der Waals surface area (Å²) in [6, 6.07) is 2.51. The third-order valence-corrected chi connectivity index (χ3v) is 1.70. The number of esters is 1. The van der Waals surface area contributed by atoms with Gasteiger partial charge in [0.2, 0.25) is 21.9 Å². The highest BCUT2D eigenvalue weighted by Gasteiger charge is 2.13. The van der Waals surface area contributed by atoms with E-state index < -0.39 is 17.0 Å². The average Bonchev–Trinajstić information content (AvgIpc) is 2.51. The van der Waals surface area contributed by atoms with Gasteiger partial charge in [0.05, 0.1) is 7.11 Å². The summed E-state index contributed by atoms with van der Waals surface area (Å²) in [5.41, 5.74) is 0. The van der Waals surface area contributed by atoms with Gasteiger partial charge in [0, 0.05) is 0 Å². The molecule has 0 fully saturated rings. The molecule has 1 rings (SSSR count). The zero-order chi connectivity index (χ0) is 9.14. The molecule has 1 unspecified atom stereocenters. The minimum atomic E-state index is -2.20. The van der Waals surface area contributed by atoms with Crippen LogP contribution in [0.2, 0.25) is 0 Å². The molecule has 0 bridgehead atoms. The van der Waals surface area contributed by atoms with Gasteiger partial charge in [0.1, 0.15) is 0 Å². The lowest BCUT2D eigenvalue weighted by Gasteiger charge is -1.91. The number of hydrogen-bond acceptors (Lipinski definition) is 4. The topological polar surface area (TPSA) is 76.7 Å². The van der Waals surface area contributed by atoms with E-state index in [0.29, 0.717) is 0 Å². The van der Waals surface area contributed by atoms with E-state index >= 15 is 0 Å². The molecule has 1 heterocycles. The predicted molar refractivity (Wildman–Crippen MR) is 39.1 cm³/mol. The molecular weight excluding hydrogens is 184 g/mol. The summed E-state index contributed by atoms with van der Waals surface area (Å²) in [7, 11) is 1.19. The number of ether oxygens (including phenoxy) is 1. The highest BCUT2D eigenvalue weighted by Crippen LogP contribution is 2.11. The summed E-state index contributed by atoms with van der Waals surface area (Å²) < 4.78 is 27.9. The lowest BCUT2D eigenvalue weighted by Crippen LogP contribution is -1.98. The summed E-state index contributed by atoms with van der Waals surface area (Å²) in [6.07, 6.45) is 0. The first-order chi connectivity index (χ1) is 5.65. The summed E-state index contributed by atoms with van der Waals surface area (Å²) in [4.78, 5) is 10.8. The molecule has 0 aliphatic rings. The molecule has 66 valence electrons. The van der Waals surface area contributed by atoms with Crippen molar-refractivity contribution in [2.45, 2.75) is 5.09 Å². The fourth-order valence-electron chi connectivity index (χ4n) is 0.624. The van der Waals surface area contributed by atoms with Gasteiger partial charge in [-0.25, -0.2) is 9.00 Å². The highest BCUT2D eigenvalue weighted by molar-refractivity contribution is 7.79. The van der Waals surface area contributed by atoms with E-state index in [2.05, 4.69) is 9.15 Å². The molecule has 5 nitrogen and oxygen atoms in total. The third kappa shape index (κ3) is 1.72. The van der Waals surface area contributed by atoms with Crippen LogP contribution in [0.4, 0.5) is 0 Å². The monoisotopic (exact) mass is 190 g/mol. The summed E-state index contributed by atoms with van der Waals surface area (Å²) >= 11 is -2.20. The second-order valence-electron chi connectivity index (χ2n) is 1.86. The largest absolute Gasteiger partial charge is 0.463 e. The van der Waals surface area contributed by atoms with E-state index in [1.165, 1.54) is 19.2 Å². The van der Waals surface area contributed by atoms with Crippen molar-refractivity contribution in [2.75, 3.05) is 7.11 Å². The Bertz CT molecular complexity index is 315. The molecule has 1 aromatic heterocycles. The molecule has 0 saturated heterocycles. The van der Waals surface area contributed by atoms with Crippen LogP contribution in [0.25, 0.3) is 0 Å². The molecule has 0 aliphatic heterocycles. The molecule has 6 heteroatoms. The number of carbonyl (C=O) groups excluding carboxylic acids is 1. The van der Waals surface area contributed by atoms with E-state index in [4.69, 9.17) is 4.55 Å². The highest BCUT2D eigenvalue weighted by atomic mass is 32.2. The van der Waals surface area contributed by atoms with E-state index in [1.54, 1.807) is 0 Å². The molecule has 0 saturated carbocycles. The third-order valence-electron chi connectivity index (χ3n) is 1.14.